The number of hydrogen-bond acceptors (Lipinski definition) is 6. The maximum absolute atomic E-state index is 12.9. The fraction of sp³-hybridized carbons (Fsp3) is 0.304. The highest BCUT2D eigenvalue weighted by molar-refractivity contribution is 7.98. The fourth-order valence-electron chi connectivity index (χ4n) is 3.41. The SMILES string of the molecule is Cc1noc(C)c1CSc1ccccc1C(=O)Nc1ccc(N2CCOCC2)cc1. The van der Waals surface area contributed by atoms with Gasteiger partial charge in [0.2, 0.25) is 0 Å². The van der Waals surface area contributed by atoms with E-state index < -0.39 is 0 Å². The molecule has 7 heteroatoms. The number of morpholine rings is 1. The largest absolute Gasteiger partial charge is 0.378 e. The Hall–Kier alpha value is -2.77. The molecule has 0 atom stereocenters. The Bertz CT molecular complexity index is 991. The van der Waals surface area contributed by atoms with Crippen LogP contribution in [0.15, 0.2) is 57.9 Å². The summed E-state index contributed by atoms with van der Waals surface area (Å²) in [6.45, 7) is 7.13. The topological polar surface area (TPSA) is 67.6 Å². The van der Waals surface area contributed by atoms with Crippen molar-refractivity contribution >= 4 is 29.0 Å². The van der Waals surface area contributed by atoms with E-state index in [2.05, 4.69) is 15.4 Å². The molecule has 1 fully saturated rings. The molecule has 0 bridgehead atoms. The molecule has 1 aromatic heterocycles. The third kappa shape index (κ3) is 4.68. The summed E-state index contributed by atoms with van der Waals surface area (Å²) >= 11 is 1.61. The van der Waals surface area contributed by atoms with Crippen molar-refractivity contribution in [3.8, 4) is 0 Å². The van der Waals surface area contributed by atoms with Gasteiger partial charge in [0, 0.05) is 40.7 Å². The van der Waals surface area contributed by atoms with E-state index in [-0.39, 0.29) is 5.91 Å². The van der Waals surface area contributed by atoms with Crippen LogP contribution in [0.4, 0.5) is 11.4 Å². The minimum absolute atomic E-state index is 0.115. The molecule has 0 saturated carbocycles. The molecule has 6 nitrogen and oxygen atoms in total. The molecule has 0 spiro atoms. The Morgan fingerprint density at radius 1 is 1.10 bits per heavy atom. The molecule has 1 saturated heterocycles. The second-order valence-electron chi connectivity index (χ2n) is 7.19. The summed E-state index contributed by atoms with van der Waals surface area (Å²) in [6, 6.07) is 15.6. The first-order chi connectivity index (χ1) is 14.6. The van der Waals surface area contributed by atoms with Gasteiger partial charge in [0.25, 0.3) is 5.91 Å². The zero-order valence-corrected chi connectivity index (χ0v) is 18.0. The first kappa shape index (κ1) is 20.5. The zero-order valence-electron chi connectivity index (χ0n) is 17.2. The van der Waals surface area contributed by atoms with Crippen molar-refractivity contribution in [2.45, 2.75) is 24.5 Å². The van der Waals surface area contributed by atoms with Crippen LogP contribution >= 0.6 is 11.8 Å². The summed E-state index contributed by atoms with van der Waals surface area (Å²) in [5.74, 6) is 1.41. The van der Waals surface area contributed by atoms with E-state index in [4.69, 9.17) is 9.26 Å². The van der Waals surface area contributed by atoms with Gasteiger partial charge in [0.1, 0.15) is 5.76 Å². The maximum Gasteiger partial charge on any atom is 0.256 e. The van der Waals surface area contributed by atoms with Gasteiger partial charge in [-0.1, -0.05) is 17.3 Å². The number of aromatic nitrogens is 1. The Morgan fingerprint density at radius 3 is 2.53 bits per heavy atom. The average Bonchev–Trinajstić information content (AvgIpc) is 3.11. The van der Waals surface area contributed by atoms with E-state index in [1.54, 1.807) is 11.8 Å². The first-order valence-corrected chi connectivity index (χ1v) is 11.0. The molecule has 2 heterocycles. The van der Waals surface area contributed by atoms with Gasteiger partial charge in [0.05, 0.1) is 24.5 Å². The van der Waals surface area contributed by atoms with Crippen LogP contribution < -0.4 is 10.2 Å². The van der Waals surface area contributed by atoms with Gasteiger partial charge < -0.3 is 19.5 Å². The minimum atomic E-state index is -0.115. The number of nitrogens with zero attached hydrogens (tertiary/aromatic N) is 2. The molecule has 1 amide bonds. The van der Waals surface area contributed by atoms with E-state index in [0.29, 0.717) is 11.3 Å². The van der Waals surface area contributed by atoms with Crippen LogP contribution in [-0.2, 0) is 10.5 Å². The van der Waals surface area contributed by atoms with E-state index in [0.717, 1.165) is 59.6 Å². The standard InChI is InChI=1S/C23H25N3O3S/c1-16-21(17(2)29-25-16)15-30-22-6-4-3-5-20(22)23(27)24-18-7-9-19(10-8-18)26-11-13-28-14-12-26/h3-10H,11-15H2,1-2H3,(H,24,27). The summed E-state index contributed by atoms with van der Waals surface area (Å²) < 4.78 is 10.6. The lowest BCUT2D eigenvalue weighted by atomic mass is 10.2. The zero-order chi connectivity index (χ0) is 20.9. The number of aryl methyl sites for hydroxylation is 2. The lowest BCUT2D eigenvalue weighted by molar-refractivity contribution is 0.102. The summed E-state index contributed by atoms with van der Waals surface area (Å²) in [5.41, 5.74) is 4.55. The Labute approximate surface area is 180 Å². The first-order valence-electron chi connectivity index (χ1n) is 9.99. The van der Waals surface area contributed by atoms with Crippen LogP contribution in [0.2, 0.25) is 0 Å². The molecule has 0 aliphatic carbocycles. The van der Waals surface area contributed by atoms with Crippen LogP contribution in [-0.4, -0.2) is 37.4 Å². The Balaban J connectivity index is 1.43. The lowest BCUT2D eigenvalue weighted by Gasteiger charge is -2.28. The summed E-state index contributed by atoms with van der Waals surface area (Å²) in [7, 11) is 0. The lowest BCUT2D eigenvalue weighted by Crippen LogP contribution is -2.36. The van der Waals surface area contributed by atoms with Crippen molar-refractivity contribution in [2.24, 2.45) is 0 Å². The molecule has 2 aromatic carbocycles. The fourth-order valence-corrected chi connectivity index (χ4v) is 4.62. The molecule has 1 N–H and O–H groups in total. The van der Waals surface area contributed by atoms with E-state index in [9.17, 15) is 4.79 Å². The second kappa shape index (κ2) is 9.36. The number of carbonyl (C=O) groups is 1. The molecule has 30 heavy (non-hydrogen) atoms. The molecular weight excluding hydrogens is 398 g/mol. The molecule has 4 rings (SSSR count). The van der Waals surface area contributed by atoms with Gasteiger partial charge in [0.15, 0.2) is 0 Å². The van der Waals surface area contributed by atoms with Gasteiger partial charge in [-0.2, -0.15) is 0 Å². The van der Waals surface area contributed by atoms with Gasteiger partial charge in [-0.25, -0.2) is 0 Å². The normalized spacial score (nSPS) is 14.0. The van der Waals surface area contributed by atoms with Crippen LogP contribution in [0.5, 0.6) is 0 Å². The Morgan fingerprint density at radius 2 is 1.83 bits per heavy atom. The number of anilines is 2. The number of amides is 1. The van der Waals surface area contributed by atoms with Crippen LogP contribution in [0.1, 0.15) is 27.4 Å². The summed E-state index contributed by atoms with van der Waals surface area (Å²) in [5, 5.41) is 7.02. The number of thioether (sulfide) groups is 1. The Kier molecular flexibility index (Phi) is 6.40. The van der Waals surface area contributed by atoms with Crippen molar-refractivity contribution in [2.75, 3.05) is 36.5 Å². The average molecular weight is 424 g/mol. The van der Waals surface area contributed by atoms with E-state index >= 15 is 0 Å². The molecule has 3 aromatic rings. The third-order valence-corrected chi connectivity index (χ3v) is 6.29. The van der Waals surface area contributed by atoms with Crippen LogP contribution in [0, 0.1) is 13.8 Å². The smallest absolute Gasteiger partial charge is 0.256 e. The highest BCUT2D eigenvalue weighted by atomic mass is 32.2. The number of nitrogens with one attached hydrogen (secondary N) is 1. The van der Waals surface area contributed by atoms with Crippen molar-refractivity contribution in [1.29, 1.82) is 0 Å². The van der Waals surface area contributed by atoms with Gasteiger partial charge in [-0.05, 0) is 50.2 Å². The van der Waals surface area contributed by atoms with Crippen molar-refractivity contribution in [3.63, 3.8) is 0 Å². The highest BCUT2D eigenvalue weighted by Crippen LogP contribution is 2.29. The predicted octanol–water partition coefficient (Wildman–Crippen LogP) is 4.67. The molecule has 1 aliphatic heterocycles. The van der Waals surface area contributed by atoms with Crippen molar-refractivity contribution in [3.05, 3.63) is 71.1 Å². The van der Waals surface area contributed by atoms with Crippen molar-refractivity contribution < 1.29 is 14.1 Å². The van der Waals surface area contributed by atoms with E-state index in [1.165, 1.54) is 0 Å². The van der Waals surface area contributed by atoms with Gasteiger partial charge >= 0.3 is 0 Å². The molecule has 0 radical (unpaired) electrons. The number of benzene rings is 2. The minimum Gasteiger partial charge on any atom is -0.378 e. The molecule has 156 valence electrons. The van der Waals surface area contributed by atoms with E-state index in [1.807, 2.05) is 62.4 Å². The highest BCUT2D eigenvalue weighted by Gasteiger charge is 2.15. The molecule has 1 aliphatic rings. The summed E-state index contributed by atoms with van der Waals surface area (Å²) in [6.07, 6.45) is 0. The van der Waals surface area contributed by atoms with Gasteiger partial charge in [-0.3, -0.25) is 4.79 Å². The molecule has 0 unspecified atom stereocenters. The van der Waals surface area contributed by atoms with Crippen LogP contribution in [0.25, 0.3) is 0 Å². The van der Waals surface area contributed by atoms with Gasteiger partial charge in [-0.15, -0.1) is 11.8 Å². The number of hydrogen-bond donors (Lipinski definition) is 1. The second-order valence-corrected chi connectivity index (χ2v) is 8.21. The maximum atomic E-state index is 12.9. The number of carbonyl (C=O) groups excluding carboxylic acids is 1. The number of rotatable bonds is 6. The van der Waals surface area contributed by atoms with Crippen LogP contribution in [0.3, 0.4) is 0 Å². The van der Waals surface area contributed by atoms with Crippen molar-refractivity contribution in [1.82, 2.24) is 5.16 Å². The quantitative estimate of drug-likeness (QED) is 0.581. The molecular formula is C23H25N3O3S. The predicted molar refractivity (Wildman–Crippen MR) is 119 cm³/mol. The third-order valence-electron chi connectivity index (χ3n) is 5.19. The number of ether oxygens (including phenoxy) is 1. The monoisotopic (exact) mass is 423 g/mol. The summed E-state index contributed by atoms with van der Waals surface area (Å²) in [4.78, 5) is 16.2.